The van der Waals surface area contributed by atoms with Crippen LogP contribution in [0.4, 0.5) is 10.1 Å². The smallest absolute Gasteiger partial charge is 0.146 e. The molecule has 0 radical (unpaired) electrons. The Kier molecular flexibility index (Phi) is 4.18. The van der Waals surface area contributed by atoms with Gasteiger partial charge in [-0.25, -0.2) is 4.39 Å². The van der Waals surface area contributed by atoms with Crippen LogP contribution in [0.5, 0.6) is 0 Å². The normalized spacial score (nSPS) is 12.2. The summed E-state index contributed by atoms with van der Waals surface area (Å²) >= 11 is 5.84. The highest BCUT2D eigenvalue weighted by molar-refractivity contribution is 6.30. The van der Waals surface area contributed by atoms with Gasteiger partial charge in [-0.05, 0) is 29.8 Å². The van der Waals surface area contributed by atoms with Crippen LogP contribution in [0.1, 0.15) is 11.7 Å². The van der Waals surface area contributed by atoms with Crippen LogP contribution < -0.4 is 5.32 Å². The predicted octanol–water partition coefficient (Wildman–Crippen LogP) is 3.62. The standard InChI is InChI=1S/C14H13ClFNO/c15-11-5-3-4-10(8-11)14(18)9-17-13-7-2-1-6-12(13)16/h1-8,14,17-18H,9H2. The van der Waals surface area contributed by atoms with E-state index in [1.54, 1.807) is 42.5 Å². The van der Waals surface area contributed by atoms with Crippen molar-refractivity contribution in [1.82, 2.24) is 0 Å². The molecular formula is C14H13ClFNO. The Morgan fingerprint density at radius 3 is 2.67 bits per heavy atom. The molecule has 1 atom stereocenters. The van der Waals surface area contributed by atoms with E-state index in [0.717, 1.165) is 0 Å². The number of aliphatic hydroxyl groups is 1. The molecule has 0 heterocycles. The largest absolute Gasteiger partial charge is 0.387 e. The minimum atomic E-state index is -0.733. The number of rotatable bonds is 4. The van der Waals surface area contributed by atoms with Gasteiger partial charge in [0.1, 0.15) is 5.82 Å². The van der Waals surface area contributed by atoms with Crippen molar-refractivity contribution in [3.8, 4) is 0 Å². The van der Waals surface area contributed by atoms with Crippen LogP contribution in [0, 0.1) is 5.82 Å². The van der Waals surface area contributed by atoms with Gasteiger partial charge in [-0.3, -0.25) is 0 Å². The Bertz CT molecular complexity index is 533. The topological polar surface area (TPSA) is 32.3 Å². The molecule has 2 N–H and O–H groups in total. The summed E-state index contributed by atoms with van der Waals surface area (Å²) in [6.07, 6.45) is -0.733. The van der Waals surface area contributed by atoms with Crippen molar-refractivity contribution in [3.63, 3.8) is 0 Å². The highest BCUT2D eigenvalue weighted by atomic mass is 35.5. The molecule has 0 aromatic heterocycles. The molecule has 94 valence electrons. The second-order valence-electron chi connectivity index (χ2n) is 3.93. The number of anilines is 1. The third-order valence-electron chi connectivity index (χ3n) is 2.59. The maximum Gasteiger partial charge on any atom is 0.146 e. The Morgan fingerprint density at radius 1 is 1.17 bits per heavy atom. The van der Waals surface area contributed by atoms with Gasteiger partial charge in [-0.1, -0.05) is 35.9 Å². The summed E-state index contributed by atoms with van der Waals surface area (Å²) in [6, 6.07) is 13.3. The number of hydrogen-bond acceptors (Lipinski definition) is 2. The molecule has 0 spiro atoms. The molecule has 18 heavy (non-hydrogen) atoms. The van der Waals surface area contributed by atoms with Crippen LogP contribution >= 0.6 is 11.6 Å². The second kappa shape index (κ2) is 5.85. The third-order valence-corrected chi connectivity index (χ3v) is 2.83. The first-order chi connectivity index (χ1) is 8.66. The first-order valence-corrected chi connectivity index (χ1v) is 5.96. The van der Waals surface area contributed by atoms with Gasteiger partial charge in [-0.2, -0.15) is 0 Å². The van der Waals surface area contributed by atoms with Gasteiger partial charge >= 0.3 is 0 Å². The summed E-state index contributed by atoms with van der Waals surface area (Å²) in [4.78, 5) is 0. The van der Waals surface area contributed by atoms with Crippen LogP contribution in [-0.4, -0.2) is 11.7 Å². The zero-order valence-electron chi connectivity index (χ0n) is 9.61. The van der Waals surface area contributed by atoms with Crippen molar-refractivity contribution in [2.75, 3.05) is 11.9 Å². The highest BCUT2D eigenvalue weighted by Gasteiger charge is 2.08. The lowest BCUT2D eigenvalue weighted by Gasteiger charge is -2.13. The predicted molar refractivity (Wildman–Crippen MR) is 71.3 cm³/mol. The lowest BCUT2D eigenvalue weighted by molar-refractivity contribution is 0.191. The van der Waals surface area contributed by atoms with E-state index in [2.05, 4.69) is 5.32 Å². The van der Waals surface area contributed by atoms with Crippen molar-refractivity contribution in [2.45, 2.75) is 6.10 Å². The van der Waals surface area contributed by atoms with Gasteiger partial charge in [0.25, 0.3) is 0 Å². The van der Waals surface area contributed by atoms with Crippen molar-refractivity contribution in [3.05, 3.63) is 64.9 Å². The molecule has 0 saturated carbocycles. The van der Waals surface area contributed by atoms with E-state index < -0.39 is 6.10 Å². The number of para-hydroxylation sites is 1. The summed E-state index contributed by atoms with van der Waals surface area (Å²) in [5.41, 5.74) is 1.07. The van der Waals surface area contributed by atoms with E-state index in [1.807, 2.05) is 0 Å². The van der Waals surface area contributed by atoms with Crippen molar-refractivity contribution in [1.29, 1.82) is 0 Å². The average Bonchev–Trinajstić information content (AvgIpc) is 2.37. The fraction of sp³-hybridized carbons (Fsp3) is 0.143. The molecule has 0 bridgehead atoms. The van der Waals surface area contributed by atoms with Crippen LogP contribution in [0.2, 0.25) is 5.02 Å². The number of hydrogen-bond donors (Lipinski definition) is 2. The quantitative estimate of drug-likeness (QED) is 0.885. The van der Waals surface area contributed by atoms with E-state index in [1.165, 1.54) is 6.07 Å². The van der Waals surface area contributed by atoms with Crippen LogP contribution in [0.25, 0.3) is 0 Å². The molecular weight excluding hydrogens is 253 g/mol. The number of benzene rings is 2. The molecule has 2 aromatic carbocycles. The van der Waals surface area contributed by atoms with E-state index in [9.17, 15) is 9.50 Å². The SMILES string of the molecule is OC(CNc1ccccc1F)c1cccc(Cl)c1. The lowest BCUT2D eigenvalue weighted by Crippen LogP contribution is -2.12. The molecule has 0 aliphatic heterocycles. The van der Waals surface area contributed by atoms with Gasteiger partial charge in [0.2, 0.25) is 0 Å². The maximum absolute atomic E-state index is 13.3. The molecule has 0 aliphatic rings. The fourth-order valence-electron chi connectivity index (χ4n) is 1.64. The lowest BCUT2D eigenvalue weighted by atomic mass is 10.1. The summed E-state index contributed by atoms with van der Waals surface area (Å²) in [5, 5.41) is 13.4. The van der Waals surface area contributed by atoms with E-state index in [0.29, 0.717) is 16.3 Å². The monoisotopic (exact) mass is 265 g/mol. The minimum Gasteiger partial charge on any atom is -0.387 e. The molecule has 0 amide bonds. The van der Waals surface area contributed by atoms with E-state index in [4.69, 9.17) is 11.6 Å². The zero-order valence-corrected chi connectivity index (χ0v) is 10.4. The summed E-state index contributed by atoms with van der Waals surface area (Å²) in [6.45, 7) is 0.223. The highest BCUT2D eigenvalue weighted by Crippen LogP contribution is 2.19. The molecule has 0 saturated heterocycles. The number of nitrogens with one attached hydrogen (secondary N) is 1. The molecule has 0 aliphatic carbocycles. The van der Waals surface area contributed by atoms with E-state index >= 15 is 0 Å². The summed E-state index contributed by atoms with van der Waals surface area (Å²) in [7, 11) is 0. The molecule has 4 heteroatoms. The maximum atomic E-state index is 13.3. The van der Waals surface area contributed by atoms with Gasteiger partial charge in [0, 0.05) is 11.6 Å². The third kappa shape index (κ3) is 3.22. The van der Waals surface area contributed by atoms with Crippen molar-refractivity contribution in [2.24, 2.45) is 0 Å². The first kappa shape index (κ1) is 12.9. The Labute approximate surface area is 110 Å². The van der Waals surface area contributed by atoms with Crippen LogP contribution in [-0.2, 0) is 0 Å². The Balaban J connectivity index is 2.00. The average molecular weight is 266 g/mol. The van der Waals surface area contributed by atoms with Gasteiger partial charge in [0.15, 0.2) is 0 Å². The molecule has 0 fully saturated rings. The Morgan fingerprint density at radius 2 is 1.94 bits per heavy atom. The minimum absolute atomic E-state index is 0.223. The molecule has 2 nitrogen and oxygen atoms in total. The zero-order chi connectivity index (χ0) is 13.0. The van der Waals surface area contributed by atoms with Crippen LogP contribution in [0.3, 0.4) is 0 Å². The number of aliphatic hydroxyl groups excluding tert-OH is 1. The molecule has 2 aromatic rings. The van der Waals surface area contributed by atoms with Crippen LogP contribution in [0.15, 0.2) is 48.5 Å². The molecule has 2 rings (SSSR count). The Hall–Kier alpha value is -1.58. The van der Waals surface area contributed by atoms with Crippen molar-refractivity contribution >= 4 is 17.3 Å². The van der Waals surface area contributed by atoms with Gasteiger partial charge < -0.3 is 10.4 Å². The van der Waals surface area contributed by atoms with E-state index in [-0.39, 0.29) is 12.4 Å². The second-order valence-corrected chi connectivity index (χ2v) is 4.37. The fourth-order valence-corrected chi connectivity index (χ4v) is 1.84. The van der Waals surface area contributed by atoms with Gasteiger partial charge in [-0.15, -0.1) is 0 Å². The summed E-state index contributed by atoms with van der Waals surface area (Å²) in [5.74, 6) is -0.337. The summed E-state index contributed by atoms with van der Waals surface area (Å²) < 4.78 is 13.3. The first-order valence-electron chi connectivity index (χ1n) is 5.59. The van der Waals surface area contributed by atoms with Gasteiger partial charge in [0.05, 0.1) is 11.8 Å². The van der Waals surface area contributed by atoms with Crippen molar-refractivity contribution < 1.29 is 9.50 Å². The number of halogens is 2. The molecule has 1 unspecified atom stereocenters.